The van der Waals surface area contributed by atoms with E-state index in [9.17, 15) is 5.11 Å². The highest BCUT2D eigenvalue weighted by Gasteiger charge is 2.21. The van der Waals surface area contributed by atoms with Crippen LogP contribution in [0, 0.1) is 5.92 Å². The molecule has 1 aromatic carbocycles. The summed E-state index contributed by atoms with van der Waals surface area (Å²) in [5.41, 5.74) is 1.12. The van der Waals surface area contributed by atoms with Crippen LogP contribution in [0.15, 0.2) is 29.6 Å². The van der Waals surface area contributed by atoms with Crippen LogP contribution < -0.4 is 0 Å². The van der Waals surface area contributed by atoms with Gasteiger partial charge in [0.1, 0.15) is 0 Å². The van der Waals surface area contributed by atoms with Crippen LogP contribution >= 0.6 is 11.3 Å². The molecule has 0 bridgehead atoms. The molecule has 0 fully saturated rings. The van der Waals surface area contributed by atoms with Crippen molar-refractivity contribution in [3.8, 4) is 0 Å². The zero-order valence-electron chi connectivity index (χ0n) is 11.2. The van der Waals surface area contributed by atoms with Crippen molar-refractivity contribution in [2.75, 3.05) is 0 Å². The summed E-state index contributed by atoms with van der Waals surface area (Å²) < 4.78 is 1.27. The van der Waals surface area contributed by atoms with Crippen LogP contribution in [-0.4, -0.2) is 5.11 Å². The Morgan fingerprint density at radius 1 is 1.22 bits per heavy atom. The molecule has 0 amide bonds. The maximum Gasteiger partial charge on any atom is 0.0832 e. The van der Waals surface area contributed by atoms with Crippen LogP contribution in [0.3, 0.4) is 0 Å². The van der Waals surface area contributed by atoms with E-state index in [0.717, 1.165) is 18.4 Å². The fourth-order valence-electron chi connectivity index (χ4n) is 2.53. The second-order valence-electron chi connectivity index (χ2n) is 4.94. The number of aliphatic hydroxyl groups is 1. The maximum absolute atomic E-state index is 10.6. The molecule has 18 heavy (non-hydrogen) atoms. The molecule has 0 aliphatic rings. The summed E-state index contributed by atoms with van der Waals surface area (Å²) in [6.45, 7) is 4.39. The lowest BCUT2D eigenvalue weighted by Crippen LogP contribution is -2.11. The van der Waals surface area contributed by atoms with Gasteiger partial charge in [0.05, 0.1) is 6.10 Å². The Labute approximate surface area is 113 Å². The molecule has 0 spiro atoms. The number of fused-ring (bicyclic) bond motifs is 1. The molecule has 0 aliphatic carbocycles. The average molecular weight is 262 g/mol. The van der Waals surface area contributed by atoms with E-state index in [0.29, 0.717) is 5.92 Å². The molecule has 1 heterocycles. The van der Waals surface area contributed by atoms with Crippen molar-refractivity contribution in [2.24, 2.45) is 5.92 Å². The number of aliphatic hydroxyl groups excluding tert-OH is 1. The molecular weight excluding hydrogens is 240 g/mol. The Bertz CT molecular complexity index is 489. The molecule has 1 nitrogen and oxygen atoms in total. The average Bonchev–Trinajstić information content (AvgIpc) is 2.83. The van der Waals surface area contributed by atoms with E-state index in [-0.39, 0.29) is 6.10 Å². The van der Waals surface area contributed by atoms with E-state index in [1.54, 1.807) is 11.3 Å². The molecule has 2 unspecified atom stereocenters. The topological polar surface area (TPSA) is 20.2 Å². The molecule has 2 rings (SSSR count). The number of hydrogen-bond donors (Lipinski definition) is 1. The summed E-state index contributed by atoms with van der Waals surface area (Å²) in [7, 11) is 0. The predicted molar refractivity (Wildman–Crippen MR) is 80.1 cm³/mol. The summed E-state index contributed by atoms with van der Waals surface area (Å²) in [5.74, 6) is 0.392. The number of thiophene rings is 1. The largest absolute Gasteiger partial charge is 0.388 e. The minimum Gasteiger partial charge on any atom is -0.388 e. The zero-order valence-corrected chi connectivity index (χ0v) is 12.0. The number of unbranched alkanes of at least 4 members (excludes halogenated alkanes) is 1. The first-order valence-corrected chi connectivity index (χ1v) is 7.80. The van der Waals surface area contributed by atoms with E-state index in [1.807, 2.05) is 0 Å². The van der Waals surface area contributed by atoms with Crippen molar-refractivity contribution in [1.82, 2.24) is 0 Å². The van der Waals surface area contributed by atoms with Crippen molar-refractivity contribution in [3.05, 3.63) is 35.2 Å². The predicted octanol–water partition coefficient (Wildman–Crippen LogP) is 5.15. The van der Waals surface area contributed by atoms with E-state index < -0.39 is 0 Å². The highest BCUT2D eigenvalue weighted by molar-refractivity contribution is 7.17. The lowest BCUT2D eigenvalue weighted by molar-refractivity contribution is 0.101. The van der Waals surface area contributed by atoms with Crippen LogP contribution in [0.1, 0.15) is 51.2 Å². The Kier molecular flexibility index (Phi) is 4.79. The second-order valence-corrected chi connectivity index (χ2v) is 5.85. The van der Waals surface area contributed by atoms with Crippen molar-refractivity contribution in [3.63, 3.8) is 0 Å². The molecule has 2 atom stereocenters. The van der Waals surface area contributed by atoms with E-state index in [2.05, 4.69) is 43.5 Å². The molecule has 1 aromatic heterocycles. The first-order valence-electron chi connectivity index (χ1n) is 6.92. The third-order valence-electron chi connectivity index (χ3n) is 3.73. The summed E-state index contributed by atoms with van der Waals surface area (Å²) in [6.07, 6.45) is 4.27. The smallest absolute Gasteiger partial charge is 0.0832 e. The van der Waals surface area contributed by atoms with E-state index >= 15 is 0 Å². The quantitative estimate of drug-likeness (QED) is 0.763. The SMILES string of the molecule is CCCCC(CC)C(O)c1csc2ccccc12. The normalized spacial score (nSPS) is 14.8. The van der Waals surface area contributed by atoms with Gasteiger partial charge in [-0.1, -0.05) is 51.3 Å². The van der Waals surface area contributed by atoms with Gasteiger partial charge in [-0.15, -0.1) is 11.3 Å². The highest BCUT2D eigenvalue weighted by atomic mass is 32.1. The fourth-order valence-corrected chi connectivity index (χ4v) is 3.52. The van der Waals surface area contributed by atoms with Crippen LogP contribution in [-0.2, 0) is 0 Å². The first-order chi connectivity index (χ1) is 8.77. The van der Waals surface area contributed by atoms with Gasteiger partial charge >= 0.3 is 0 Å². The summed E-state index contributed by atoms with van der Waals surface area (Å²) in [4.78, 5) is 0. The van der Waals surface area contributed by atoms with Gasteiger partial charge in [0.25, 0.3) is 0 Å². The van der Waals surface area contributed by atoms with Crippen molar-refractivity contribution in [2.45, 2.75) is 45.6 Å². The van der Waals surface area contributed by atoms with Gasteiger partial charge in [0.2, 0.25) is 0 Å². The third kappa shape index (κ3) is 2.76. The van der Waals surface area contributed by atoms with Gasteiger partial charge in [-0.05, 0) is 34.7 Å². The first kappa shape index (κ1) is 13.6. The van der Waals surface area contributed by atoms with Gasteiger partial charge in [0.15, 0.2) is 0 Å². The van der Waals surface area contributed by atoms with E-state index in [4.69, 9.17) is 0 Å². The minimum atomic E-state index is -0.308. The molecule has 0 saturated carbocycles. The summed E-state index contributed by atoms with van der Waals surface area (Å²) in [5, 5.41) is 14.0. The van der Waals surface area contributed by atoms with Gasteiger partial charge in [-0.3, -0.25) is 0 Å². The number of hydrogen-bond acceptors (Lipinski definition) is 2. The minimum absolute atomic E-state index is 0.308. The molecule has 2 aromatic rings. The lowest BCUT2D eigenvalue weighted by Gasteiger charge is -2.21. The van der Waals surface area contributed by atoms with Gasteiger partial charge in [-0.25, -0.2) is 0 Å². The fraction of sp³-hybridized carbons (Fsp3) is 0.500. The zero-order chi connectivity index (χ0) is 13.0. The van der Waals surface area contributed by atoms with Crippen LogP contribution in [0.2, 0.25) is 0 Å². The van der Waals surface area contributed by atoms with Gasteiger partial charge < -0.3 is 5.11 Å². The standard InChI is InChI=1S/C16H22OS/c1-3-5-8-12(4-2)16(17)14-11-18-15-10-7-6-9-13(14)15/h6-7,9-12,16-17H,3-5,8H2,1-2H3. The van der Waals surface area contributed by atoms with E-state index in [1.165, 1.54) is 22.9 Å². The van der Waals surface area contributed by atoms with Gasteiger partial charge in [-0.2, -0.15) is 0 Å². The van der Waals surface area contributed by atoms with Gasteiger partial charge in [0, 0.05) is 4.70 Å². The Morgan fingerprint density at radius 2 is 2.00 bits per heavy atom. The molecule has 98 valence electrons. The van der Waals surface area contributed by atoms with Crippen molar-refractivity contribution < 1.29 is 5.11 Å². The molecule has 1 N–H and O–H groups in total. The second kappa shape index (κ2) is 6.35. The van der Waals surface area contributed by atoms with Crippen LogP contribution in [0.25, 0.3) is 10.1 Å². The Hall–Kier alpha value is -0.860. The van der Waals surface area contributed by atoms with Crippen LogP contribution in [0.5, 0.6) is 0 Å². The molecule has 0 aliphatic heterocycles. The molecule has 0 radical (unpaired) electrons. The highest BCUT2D eigenvalue weighted by Crippen LogP contribution is 2.36. The third-order valence-corrected chi connectivity index (χ3v) is 4.71. The molecular formula is C16H22OS. The number of benzene rings is 1. The van der Waals surface area contributed by atoms with Crippen molar-refractivity contribution in [1.29, 1.82) is 0 Å². The number of rotatable bonds is 6. The maximum atomic E-state index is 10.6. The van der Waals surface area contributed by atoms with Crippen molar-refractivity contribution >= 4 is 21.4 Å². The summed E-state index contributed by atoms with van der Waals surface area (Å²) >= 11 is 1.73. The molecule has 2 heteroatoms. The Morgan fingerprint density at radius 3 is 2.72 bits per heavy atom. The van der Waals surface area contributed by atoms with Crippen LogP contribution in [0.4, 0.5) is 0 Å². The molecule has 0 saturated heterocycles. The lowest BCUT2D eigenvalue weighted by atomic mass is 9.89. The summed E-state index contributed by atoms with van der Waals surface area (Å²) in [6, 6.07) is 8.36. The Balaban J connectivity index is 2.23. The monoisotopic (exact) mass is 262 g/mol.